The van der Waals surface area contributed by atoms with Crippen molar-refractivity contribution in [3.05, 3.63) is 0 Å². The van der Waals surface area contributed by atoms with Crippen molar-refractivity contribution in [2.24, 2.45) is 17.4 Å². The van der Waals surface area contributed by atoms with Gasteiger partial charge in [-0.2, -0.15) is 0 Å². The van der Waals surface area contributed by atoms with Gasteiger partial charge in [-0.25, -0.2) is 0 Å². The van der Waals surface area contributed by atoms with Gasteiger partial charge in [-0.3, -0.25) is 4.79 Å². The standard InChI is InChI=1S/C8H16N2O/c9-7(5-8(10)11)6-3-1-2-4-6/h6-7H,1-5,9H2,(H2,10,11)/t7-/m0/s1. The molecule has 1 atom stereocenters. The first-order valence-electron chi connectivity index (χ1n) is 4.24. The molecule has 0 aromatic heterocycles. The van der Waals surface area contributed by atoms with Gasteiger partial charge in [0.2, 0.25) is 5.91 Å². The Balaban J connectivity index is 2.28. The summed E-state index contributed by atoms with van der Waals surface area (Å²) in [5.74, 6) is 0.270. The quantitative estimate of drug-likeness (QED) is 0.620. The lowest BCUT2D eigenvalue weighted by Gasteiger charge is -2.16. The van der Waals surface area contributed by atoms with E-state index in [-0.39, 0.29) is 11.9 Å². The van der Waals surface area contributed by atoms with Crippen LogP contribution in [0.5, 0.6) is 0 Å². The van der Waals surface area contributed by atoms with E-state index in [0.29, 0.717) is 12.3 Å². The Morgan fingerprint density at radius 2 is 2.00 bits per heavy atom. The minimum absolute atomic E-state index is 0.00926. The van der Waals surface area contributed by atoms with Gasteiger partial charge in [0, 0.05) is 12.5 Å². The number of amides is 1. The molecule has 0 radical (unpaired) electrons. The maximum Gasteiger partial charge on any atom is 0.218 e. The summed E-state index contributed by atoms with van der Waals surface area (Å²) in [5.41, 5.74) is 10.8. The van der Waals surface area contributed by atoms with Crippen LogP contribution in [0.4, 0.5) is 0 Å². The number of hydrogen-bond donors (Lipinski definition) is 2. The van der Waals surface area contributed by atoms with E-state index >= 15 is 0 Å². The van der Waals surface area contributed by atoms with Crippen molar-refractivity contribution in [1.29, 1.82) is 0 Å². The van der Waals surface area contributed by atoms with E-state index < -0.39 is 0 Å². The van der Waals surface area contributed by atoms with Gasteiger partial charge in [0.15, 0.2) is 0 Å². The van der Waals surface area contributed by atoms with E-state index in [1.807, 2.05) is 0 Å². The number of rotatable bonds is 3. The summed E-state index contributed by atoms with van der Waals surface area (Å²) in [6.07, 6.45) is 5.22. The molecular weight excluding hydrogens is 140 g/mol. The van der Waals surface area contributed by atoms with Crippen molar-refractivity contribution < 1.29 is 4.79 Å². The van der Waals surface area contributed by atoms with Crippen LogP contribution in [0.2, 0.25) is 0 Å². The first-order chi connectivity index (χ1) is 5.20. The van der Waals surface area contributed by atoms with Gasteiger partial charge in [0.25, 0.3) is 0 Å². The molecule has 0 aromatic rings. The van der Waals surface area contributed by atoms with Crippen molar-refractivity contribution in [2.75, 3.05) is 0 Å². The molecule has 64 valence electrons. The average molecular weight is 156 g/mol. The highest BCUT2D eigenvalue weighted by Gasteiger charge is 2.22. The molecule has 1 aliphatic rings. The Hall–Kier alpha value is -0.570. The molecular formula is C8H16N2O. The fraction of sp³-hybridized carbons (Fsp3) is 0.875. The van der Waals surface area contributed by atoms with Gasteiger partial charge in [0.05, 0.1) is 0 Å². The van der Waals surface area contributed by atoms with Crippen molar-refractivity contribution in [3.8, 4) is 0 Å². The van der Waals surface area contributed by atoms with Crippen LogP contribution in [0.1, 0.15) is 32.1 Å². The lowest BCUT2D eigenvalue weighted by molar-refractivity contribution is -0.118. The zero-order valence-corrected chi connectivity index (χ0v) is 6.75. The average Bonchev–Trinajstić information content (AvgIpc) is 2.35. The Morgan fingerprint density at radius 3 is 2.45 bits per heavy atom. The largest absolute Gasteiger partial charge is 0.370 e. The fourth-order valence-electron chi connectivity index (χ4n) is 1.78. The highest BCUT2D eigenvalue weighted by molar-refractivity contribution is 5.74. The molecule has 1 rings (SSSR count). The maximum atomic E-state index is 10.5. The van der Waals surface area contributed by atoms with Crippen molar-refractivity contribution >= 4 is 5.91 Å². The van der Waals surface area contributed by atoms with Gasteiger partial charge in [-0.05, 0) is 18.8 Å². The zero-order chi connectivity index (χ0) is 8.27. The number of carbonyl (C=O) groups excluding carboxylic acids is 1. The Labute approximate surface area is 67.1 Å². The lowest BCUT2D eigenvalue weighted by Crippen LogP contribution is -2.33. The Bertz CT molecular complexity index is 141. The smallest absolute Gasteiger partial charge is 0.218 e. The summed E-state index contributed by atoms with van der Waals surface area (Å²) >= 11 is 0. The minimum Gasteiger partial charge on any atom is -0.370 e. The third-order valence-electron chi connectivity index (χ3n) is 2.44. The highest BCUT2D eigenvalue weighted by Crippen LogP contribution is 2.27. The fourth-order valence-corrected chi connectivity index (χ4v) is 1.78. The molecule has 4 N–H and O–H groups in total. The number of carbonyl (C=O) groups is 1. The van der Waals surface area contributed by atoms with Gasteiger partial charge in [-0.1, -0.05) is 12.8 Å². The molecule has 0 bridgehead atoms. The molecule has 1 amide bonds. The summed E-state index contributed by atoms with van der Waals surface area (Å²) in [7, 11) is 0. The van der Waals surface area contributed by atoms with Gasteiger partial charge in [-0.15, -0.1) is 0 Å². The maximum absolute atomic E-state index is 10.5. The Kier molecular flexibility index (Phi) is 2.88. The summed E-state index contributed by atoms with van der Waals surface area (Å²) in [6.45, 7) is 0. The van der Waals surface area contributed by atoms with Gasteiger partial charge in [0.1, 0.15) is 0 Å². The SMILES string of the molecule is NC(=O)C[C@H](N)C1CCCC1. The predicted octanol–water partition coefficient (Wildman–Crippen LogP) is 0.379. The first kappa shape index (κ1) is 8.53. The molecule has 3 heteroatoms. The monoisotopic (exact) mass is 156 g/mol. The van der Waals surface area contributed by atoms with Crippen LogP contribution in [0.25, 0.3) is 0 Å². The van der Waals surface area contributed by atoms with Crippen LogP contribution in [0, 0.1) is 5.92 Å². The van der Waals surface area contributed by atoms with E-state index in [1.165, 1.54) is 25.7 Å². The van der Waals surface area contributed by atoms with Crippen LogP contribution in [0.3, 0.4) is 0 Å². The van der Waals surface area contributed by atoms with Crippen molar-refractivity contribution in [3.63, 3.8) is 0 Å². The minimum atomic E-state index is -0.274. The number of hydrogen-bond acceptors (Lipinski definition) is 2. The first-order valence-corrected chi connectivity index (χ1v) is 4.24. The normalized spacial score (nSPS) is 21.9. The van der Waals surface area contributed by atoms with Crippen LogP contribution in [0.15, 0.2) is 0 Å². The van der Waals surface area contributed by atoms with Crippen LogP contribution >= 0.6 is 0 Å². The molecule has 1 fully saturated rings. The van der Waals surface area contributed by atoms with Gasteiger partial charge >= 0.3 is 0 Å². The molecule has 1 saturated carbocycles. The lowest BCUT2D eigenvalue weighted by atomic mass is 9.96. The number of nitrogens with two attached hydrogens (primary N) is 2. The van der Waals surface area contributed by atoms with Gasteiger partial charge < -0.3 is 11.5 Å². The molecule has 11 heavy (non-hydrogen) atoms. The van der Waals surface area contributed by atoms with Crippen LogP contribution < -0.4 is 11.5 Å². The molecule has 0 saturated heterocycles. The molecule has 0 aliphatic heterocycles. The van der Waals surface area contributed by atoms with Crippen LogP contribution in [-0.4, -0.2) is 11.9 Å². The van der Waals surface area contributed by atoms with Crippen LogP contribution in [-0.2, 0) is 4.79 Å². The molecule has 0 aromatic carbocycles. The Morgan fingerprint density at radius 1 is 1.45 bits per heavy atom. The number of primary amides is 1. The van der Waals surface area contributed by atoms with E-state index in [1.54, 1.807) is 0 Å². The van der Waals surface area contributed by atoms with Crippen molar-refractivity contribution in [2.45, 2.75) is 38.1 Å². The summed E-state index contributed by atoms with van der Waals surface area (Å²) < 4.78 is 0. The molecule has 0 unspecified atom stereocenters. The molecule has 0 spiro atoms. The topological polar surface area (TPSA) is 69.1 Å². The summed E-state index contributed by atoms with van der Waals surface area (Å²) in [5, 5.41) is 0. The second kappa shape index (κ2) is 3.72. The molecule has 0 heterocycles. The van der Waals surface area contributed by atoms with Crippen molar-refractivity contribution in [1.82, 2.24) is 0 Å². The molecule has 3 nitrogen and oxygen atoms in total. The zero-order valence-electron chi connectivity index (χ0n) is 6.75. The third kappa shape index (κ3) is 2.50. The molecule has 1 aliphatic carbocycles. The third-order valence-corrected chi connectivity index (χ3v) is 2.44. The second-order valence-electron chi connectivity index (χ2n) is 3.38. The van der Waals surface area contributed by atoms with E-state index in [0.717, 1.165) is 0 Å². The summed E-state index contributed by atoms with van der Waals surface area (Å²) in [6, 6.07) is 0.00926. The highest BCUT2D eigenvalue weighted by atomic mass is 16.1. The van der Waals surface area contributed by atoms with E-state index in [2.05, 4.69) is 0 Å². The predicted molar refractivity (Wildman–Crippen MR) is 43.7 cm³/mol. The summed E-state index contributed by atoms with van der Waals surface area (Å²) in [4.78, 5) is 10.5. The van der Waals surface area contributed by atoms with E-state index in [4.69, 9.17) is 11.5 Å². The van der Waals surface area contributed by atoms with E-state index in [9.17, 15) is 4.79 Å². The second-order valence-corrected chi connectivity index (χ2v) is 3.38.